The number of hydrogen-bond acceptors (Lipinski definition) is 3. The third-order valence-corrected chi connectivity index (χ3v) is 3.03. The Morgan fingerprint density at radius 1 is 1.19 bits per heavy atom. The van der Waals surface area contributed by atoms with Crippen molar-refractivity contribution in [2.24, 2.45) is 0 Å². The highest BCUT2D eigenvalue weighted by Crippen LogP contribution is 2.32. The van der Waals surface area contributed by atoms with Crippen LogP contribution in [0.15, 0.2) is 55.7 Å². The van der Waals surface area contributed by atoms with Crippen molar-refractivity contribution in [1.29, 1.82) is 0 Å². The molecule has 0 spiro atoms. The summed E-state index contributed by atoms with van der Waals surface area (Å²) >= 11 is 0. The van der Waals surface area contributed by atoms with Crippen molar-refractivity contribution in [3.63, 3.8) is 0 Å². The lowest BCUT2D eigenvalue weighted by Gasteiger charge is -2.08. The molecule has 1 heterocycles. The molecular weight excluding hydrogens is 264 g/mol. The number of allylic oxidation sites excluding steroid dienone is 4. The zero-order valence-corrected chi connectivity index (χ0v) is 12.2. The zero-order chi connectivity index (χ0) is 15.2. The van der Waals surface area contributed by atoms with Gasteiger partial charge >= 0.3 is 0 Å². The van der Waals surface area contributed by atoms with E-state index in [-0.39, 0.29) is 0 Å². The van der Waals surface area contributed by atoms with E-state index in [1.165, 1.54) is 0 Å². The Morgan fingerprint density at radius 2 is 1.95 bits per heavy atom. The minimum Gasteiger partial charge on any atom is -0.493 e. The monoisotopic (exact) mass is 282 g/mol. The smallest absolute Gasteiger partial charge is 0.161 e. The maximum Gasteiger partial charge on any atom is 0.161 e. The van der Waals surface area contributed by atoms with Crippen molar-refractivity contribution in [2.75, 3.05) is 14.2 Å². The minimum absolute atomic E-state index is 0.677. The van der Waals surface area contributed by atoms with E-state index >= 15 is 0 Å². The van der Waals surface area contributed by atoms with Crippen LogP contribution in [0.3, 0.4) is 0 Å². The van der Waals surface area contributed by atoms with Crippen LogP contribution in [0.5, 0.6) is 11.5 Å². The predicted octanol–water partition coefficient (Wildman–Crippen LogP) is 3.85. The molecule has 2 aromatic rings. The van der Waals surface area contributed by atoms with E-state index in [9.17, 15) is 0 Å². The van der Waals surface area contributed by atoms with Crippen LogP contribution in [0, 0.1) is 0 Å². The summed E-state index contributed by atoms with van der Waals surface area (Å²) in [5.41, 5.74) is 3.46. The average molecular weight is 282 g/mol. The lowest BCUT2D eigenvalue weighted by atomic mass is 10.1. The molecule has 4 heteroatoms. The van der Waals surface area contributed by atoms with Gasteiger partial charge in [-0.2, -0.15) is 5.10 Å². The second-order valence-electron chi connectivity index (χ2n) is 4.36. The second-order valence-corrected chi connectivity index (χ2v) is 4.36. The molecule has 0 bridgehead atoms. The van der Waals surface area contributed by atoms with Gasteiger partial charge in [-0.1, -0.05) is 31.4 Å². The van der Waals surface area contributed by atoms with Crippen LogP contribution in [0.25, 0.3) is 16.8 Å². The summed E-state index contributed by atoms with van der Waals surface area (Å²) in [6, 6.07) is 7.65. The lowest BCUT2D eigenvalue weighted by Crippen LogP contribution is -1.90. The van der Waals surface area contributed by atoms with E-state index in [1.807, 2.05) is 36.4 Å². The summed E-state index contributed by atoms with van der Waals surface area (Å²) < 4.78 is 10.5. The Morgan fingerprint density at radius 3 is 2.62 bits per heavy atom. The van der Waals surface area contributed by atoms with Gasteiger partial charge in [-0.3, -0.25) is 5.10 Å². The molecule has 0 amide bonds. The summed E-state index contributed by atoms with van der Waals surface area (Å²) in [4.78, 5) is 0. The molecule has 0 radical (unpaired) electrons. The molecule has 0 aliphatic rings. The quantitative estimate of drug-likeness (QED) is 0.819. The van der Waals surface area contributed by atoms with Crippen LogP contribution in [-0.2, 0) is 0 Å². The number of hydrogen-bond donors (Lipinski definition) is 1. The molecule has 4 nitrogen and oxygen atoms in total. The number of methoxy groups -OCH3 is 2. The first kappa shape index (κ1) is 14.7. The normalized spacial score (nSPS) is 10.6. The van der Waals surface area contributed by atoms with Gasteiger partial charge in [0.2, 0.25) is 0 Å². The van der Waals surface area contributed by atoms with Gasteiger partial charge in [0, 0.05) is 5.56 Å². The Kier molecular flexibility index (Phi) is 4.61. The lowest BCUT2D eigenvalue weighted by molar-refractivity contribution is 0.355. The highest BCUT2D eigenvalue weighted by molar-refractivity contribution is 5.74. The van der Waals surface area contributed by atoms with Crippen LogP contribution in [0.4, 0.5) is 0 Å². The van der Waals surface area contributed by atoms with Gasteiger partial charge in [0.05, 0.1) is 25.6 Å². The van der Waals surface area contributed by atoms with E-state index < -0.39 is 0 Å². The number of nitrogens with zero attached hydrogens (tertiary/aromatic N) is 1. The van der Waals surface area contributed by atoms with Crippen molar-refractivity contribution in [1.82, 2.24) is 10.2 Å². The van der Waals surface area contributed by atoms with E-state index in [0.717, 1.165) is 22.5 Å². The maximum absolute atomic E-state index is 5.31. The van der Waals surface area contributed by atoms with E-state index in [1.54, 1.807) is 20.3 Å². The number of aromatic nitrogens is 2. The number of H-pyrrole nitrogens is 1. The molecule has 0 unspecified atom stereocenters. The van der Waals surface area contributed by atoms with Crippen molar-refractivity contribution in [3.8, 4) is 22.8 Å². The number of benzene rings is 1. The molecule has 1 aromatic carbocycles. The molecule has 1 N–H and O–H groups in total. The molecule has 1 aromatic heterocycles. The number of ether oxygens (including phenoxy) is 2. The van der Waals surface area contributed by atoms with Crippen LogP contribution >= 0.6 is 0 Å². The Bertz CT molecular complexity index is 684. The summed E-state index contributed by atoms with van der Waals surface area (Å²) in [7, 11) is 3.23. The first-order valence-electron chi connectivity index (χ1n) is 6.45. The molecule has 0 atom stereocenters. The van der Waals surface area contributed by atoms with Gasteiger partial charge in [-0.25, -0.2) is 0 Å². The molecule has 0 fully saturated rings. The fourth-order valence-corrected chi connectivity index (χ4v) is 1.91. The summed E-state index contributed by atoms with van der Waals surface area (Å²) in [5.74, 6) is 1.37. The van der Waals surface area contributed by atoms with Crippen LogP contribution in [0.2, 0.25) is 0 Å². The summed E-state index contributed by atoms with van der Waals surface area (Å²) in [5, 5.41) is 7.26. The fraction of sp³-hybridized carbons (Fsp3) is 0.118. The average Bonchev–Trinajstić information content (AvgIpc) is 3.01. The molecule has 0 aliphatic heterocycles. The van der Waals surface area contributed by atoms with E-state index in [2.05, 4.69) is 23.4 Å². The largest absolute Gasteiger partial charge is 0.493 e. The second kappa shape index (κ2) is 6.61. The van der Waals surface area contributed by atoms with Gasteiger partial charge < -0.3 is 9.47 Å². The molecule has 0 aliphatic carbocycles. The summed E-state index contributed by atoms with van der Waals surface area (Å²) in [6.45, 7) is 7.60. The number of nitrogens with one attached hydrogen (secondary N) is 1. The van der Waals surface area contributed by atoms with Crippen LogP contribution < -0.4 is 9.47 Å². The Hall–Kier alpha value is -2.75. The molecule has 21 heavy (non-hydrogen) atoms. The maximum atomic E-state index is 5.31. The van der Waals surface area contributed by atoms with Gasteiger partial charge in [0.25, 0.3) is 0 Å². The van der Waals surface area contributed by atoms with Crippen molar-refractivity contribution in [3.05, 3.63) is 61.3 Å². The van der Waals surface area contributed by atoms with Gasteiger partial charge in [-0.15, -0.1) is 0 Å². The molecule has 0 saturated carbocycles. The van der Waals surface area contributed by atoms with Crippen molar-refractivity contribution < 1.29 is 9.47 Å². The number of rotatable bonds is 6. The first-order valence-corrected chi connectivity index (χ1v) is 6.45. The minimum atomic E-state index is 0.677. The Balaban J connectivity index is 2.31. The highest BCUT2D eigenvalue weighted by Gasteiger charge is 2.09. The Labute approximate surface area is 124 Å². The molecule has 108 valence electrons. The molecule has 0 saturated heterocycles. The van der Waals surface area contributed by atoms with Crippen LogP contribution in [0.1, 0.15) is 5.69 Å². The SMILES string of the molecule is C=C/C=C\C(=C)c1cc(-c2ccc(OC)c(OC)c2)[nH]n1. The van der Waals surface area contributed by atoms with Crippen molar-refractivity contribution in [2.45, 2.75) is 0 Å². The zero-order valence-electron chi connectivity index (χ0n) is 12.2. The van der Waals surface area contributed by atoms with Gasteiger partial charge in [0.1, 0.15) is 0 Å². The highest BCUT2D eigenvalue weighted by atomic mass is 16.5. The summed E-state index contributed by atoms with van der Waals surface area (Å²) in [6.07, 6.45) is 5.39. The van der Waals surface area contributed by atoms with Gasteiger partial charge in [-0.05, 0) is 29.8 Å². The molecule has 2 rings (SSSR count). The van der Waals surface area contributed by atoms with Crippen molar-refractivity contribution >= 4 is 5.57 Å². The molecular formula is C17H18N2O2. The van der Waals surface area contributed by atoms with Crippen LogP contribution in [-0.4, -0.2) is 24.4 Å². The third kappa shape index (κ3) is 3.23. The first-order chi connectivity index (χ1) is 10.2. The predicted molar refractivity (Wildman–Crippen MR) is 85.5 cm³/mol. The van der Waals surface area contributed by atoms with E-state index in [0.29, 0.717) is 11.5 Å². The number of aromatic amines is 1. The van der Waals surface area contributed by atoms with Gasteiger partial charge in [0.15, 0.2) is 11.5 Å². The fourth-order valence-electron chi connectivity index (χ4n) is 1.91. The standard InChI is InChI=1S/C17H18N2O2/c1-5-6-7-12(2)14-11-15(19-18-14)13-8-9-16(20-3)17(10-13)21-4/h5-11H,1-2H2,3-4H3,(H,18,19)/b7-6-. The van der Waals surface area contributed by atoms with E-state index in [4.69, 9.17) is 9.47 Å². The third-order valence-electron chi connectivity index (χ3n) is 3.03. The topological polar surface area (TPSA) is 47.1 Å².